The minimum atomic E-state index is -0.510. The summed E-state index contributed by atoms with van der Waals surface area (Å²) >= 11 is 0. The average molecular weight is 252 g/mol. The molecule has 0 saturated heterocycles. The van der Waals surface area contributed by atoms with Gasteiger partial charge in [0, 0.05) is 7.05 Å². The highest BCUT2D eigenvalue weighted by Gasteiger charge is 2.26. The third kappa shape index (κ3) is 2.66. The third-order valence-electron chi connectivity index (χ3n) is 3.04. The lowest BCUT2D eigenvalue weighted by Crippen LogP contribution is -2.21. The van der Waals surface area contributed by atoms with Crippen LogP contribution in [0, 0.1) is 10.1 Å². The summed E-state index contributed by atoms with van der Waals surface area (Å²) in [6, 6.07) is 0. The van der Waals surface area contributed by atoms with Gasteiger partial charge >= 0.3 is 5.69 Å². The van der Waals surface area contributed by atoms with Crippen LogP contribution in [-0.4, -0.2) is 28.0 Å². The van der Waals surface area contributed by atoms with Crippen LogP contribution in [0.5, 0.6) is 5.88 Å². The molecule has 0 atom stereocenters. The molecule has 98 valence electrons. The van der Waals surface area contributed by atoms with Gasteiger partial charge in [-0.3, -0.25) is 10.1 Å². The molecule has 0 aliphatic heterocycles. The van der Waals surface area contributed by atoms with Gasteiger partial charge in [0.15, 0.2) is 0 Å². The Hall–Kier alpha value is -1.92. The van der Waals surface area contributed by atoms with Gasteiger partial charge in [-0.15, -0.1) is 0 Å². The Kier molecular flexibility index (Phi) is 3.91. The molecule has 1 saturated carbocycles. The van der Waals surface area contributed by atoms with Crippen molar-refractivity contribution in [1.82, 2.24) is 9.97 Å². The first kappa shape index (κ1) is 12.5. The Labute approximate surface area is 105 Å². The fourth-order valence-corrected chi connectivity index (χ4v) is 2.14. The maximum Gasteiger partial charge on any atom is 0.372 e. The van der Waals surface area contributed by atoms with E-state index in [-0.39, 0.29) is 23.5 Å². The van der Waals surface area contributed by atoms with Crippen molar-refractivity contribution in [2.75, 3.05) is 12.4 Å². The highest BCUT2D eigenvalue weighted by atomic mass is 16.6. The Morgan fingerprint density at radius 1 is 1.39 bits per heavy atom. The zero-order valence-corrected chi connectivity index (χ0v) is 10.3. The molecule has 0 aromatic carbocycles. The third-order valence-corrected chi connectivity index (χ3v) is 3.04. The average Bonchev–Trinajstić information content (AvgIpc) is 2.39. The zero-order chi connectivity index (χ0) is 13.0. The van der Waals surface area contributed by atoms with Crippen molar-refractivity contribution in [3.05, 3.63) is 16.4 Å². The molecule has 1 aromatic rings. The summed E-state index contributed by atoms with van der Waals surface area (Å²) in [5, 5.41) is 13.7. The van der Waals surface area contributed by atoms with Gasteiger partial charge in [-0.1, -0.05) is 6.42 Å². The van der Waals surface area contributed by atoms with Crippen molar-refractivity contribution >= 4 is 11.5 Å². The van der Waals surface area contributed by atoms with Crippen LogP contribution in [0.3, 0.4) is 0 Å². The second-order valence-electron chi connectivity index (χ2n) is 4.26. The lowest BCUT2D eigenvalue weighted by atomic mass is 9.98. The van der Waals surface area contributed by atoms with Crippen LogP contribution >= 0.6 is 0 Å². The molecule has 0 radical (unpaired) electrons. The van der Waals surface area contributed by atoms with E-state index in [1.54, 1.807) is 7.05 Å². The smallest absolute Gasteiger partial charge is 0.372 e. The summed E-state index contributed by atoms with van der Waals surface area (Å²) in [5.74, 6) is 0.243. The van der Waals surface area contributed by atoms with Gasteiger partial charge in [-0.05, 0) is 25.7 Å². The summed E-state index contributed by atoms with van der Waals surface area (Å²) in [5.41, 5.74) is -0.189. The summed E-state index contributed by atoms with van der Waals surface area (Å²) in [7, 11) is 1.58. The van der Waals surface area contributed by atoms with Gasteiger partial charge in [0.25, 0.3) is 5.88 Å². The number of nitrogens with zero attached hydrogens (tertiary/aromatic N) is 3. The first-order chi connectivity index (χ1) is 8.72. The monoisotopic (exact) mass is 252 g/mol. The quantitative estimate of drug-likeness (QED) is 0.652. The number of rotatable bonds is 4. The van der Waals surface area contributed by atoms with Crippen LogP contribution in [-0.2, 0) is 0 Å². The molecule has 18 heavy (non-hydrogen) atoms. The summed E-state index contributed by atoms with van der Waals surface area (Å²) in [4.78, 5) is 18.3. The molecule has 0 unspecified atom stereocenters. The summed E-state index contributed by atoms with van der Waals surface area (Å²) < 4.78 is 5.66. The van der Waals surface area contributed by atoms with Crippen LogP contribution in [0.25, 0.3) is 0 Å². The molecule has 1 N–H and O–H groups in total. The van der Waals surface area contributed by atoms with Gasteiger partial charge < -0.3 is 10.1 Å². The number of anilines is 1. The number of nitro groups is 1. The second kappa shape index (κ2) is 5.61. The molecule has 7 nitrogen and oxygen atoms in total. The van der Waals surface area contributed by atoms with Crippen LogP contribution in [0.1, 0.15) is 32.1 Å². The van der Waals surface area contributed by atoms with Crippen molar-refractivity contribution in [2.45, 2.75) is 38.2 Å². The fourth-order valence-electron chi connectivity index (χ4n) is 2.14. The Morgan fingerprint density at radius 3 is 2.72 bits per heavy atom. The molecule has 1 fully saturated rings. The minimum Gasteiger partial charge on any atom is -0.469 e. The van der Waals surface area contributed by atoms with E-state index in [2.05, 4.69) is 15.3 Å². The highest BCUT2D eigenvalue weighted by Crippen LogP contribution is 2.33. The molecule has 7 heteroatoms. The topological polar surface area (TPSA) is 90.2 Å². The molecule has 0 bridgehead atoms. The van der Waals surface area contributed by atoms with E-state index in [1.165, 1.54) is 12.7 Å². The molecule has 1 aromatic heterocycles. The molecular formula is C11H16N4O3. The van der Waals surface area contributed by atoms with Gasteiger partial charge in [0.1, 0.15) is 12.4 Å². The van der Waals surface area contributed by atoms with Crippen molar-refractivity contribution in [2.24, 2.45) is 0 Å². The normalized spacial score (nSPS) is 16.3. The van der Waals surface area contributed by atoms with Gasteiger partial charge in [0.2, 0.25) is 5.82 Å². The minimum absolute atomic E-state index is 0.0251. The lowest BCUT2D eigenvalue weighted by molar-refractivity contribution is -0.385. The Balaban J connectivity index is 2.23. The van der Waals surface area contributed by atoms with E-state index >= 15 is 0 Å². The van der Waals surface area contributed by atoms with E-state index < -0.39 is 4.92 Å². The lowest BCUT2D eigenvalue weighted by Gasteiger charge is -2.22. The van der Waals surface area contributed by atoms with E-state index in [0.717, 1.165) is 25.7 Å². The standard InChI is InChI=1S/C11H16N4O3/c1-12-10-9(15(16)17)11(14-7-13-10)18-8-5-3-2-4-6-8/h7-8H,2-6H2,1H3,(H,12,13,14). The van der Waals surface area contributed by atoms with Crippen LogP contribution in [0.15, 0.2) is 6.33 Å². The number of ether oxygens (including phenoxy) is 1. The first-order valence-corrected chi connectivity index (χ1v) is 6.06. The maximum absolute atomic E-state index is 11.0. The van der Waals surface area contributed by atoms with Crippen molar-refractivity contribution in [1.29, 1.82) is 0 Å². The van der Waals surface area contributed by atoms with Gasteiger partial charge in [-0.25, -0.2) is 4.98 Å². The maximum atomic E-state index is 11.0. The van der Waals surface area contributed by atoms with E-state index in [4.69, 9.17) is 4.74 Å². The second-order valence-corrected chi connectivity index (χ2v) is 4.26. The predicted octanol–water partition coefficient (Wildman–Crippen LogP) is 2.14. The Morgan fingerprint density at radius 2 is 2.11 bits per heavy atom. The van der Waals surface area contributed by atoms with E-state index in [0.29, 0.717) is 0 Å². The van der Waals surface area contributed by atoms with Crippen molar-refractivity contribution < 1.29 is 9.66 Å². The molecule has 1 aliphatic carbocycles. The largest absolute Gasteiger partial charge is 0.469 e. The summed E-state index contributed by atoms with van der Waals surface area (Å²) in [6.45, 7) is 0. The highest BCUT2D eigenvalue weighted by molar-refractivity contribution is 5.60. The van der Waals surface area contributed by atoms with Crippen LogP contribution in [0.2, 0.25) is 0 Å². The summed E-state index contributed by atoms with van der Waals surface area (Å²) in [6.07, 6.45) is 6.55. The molecule has 0 amide bonds. The number of aromatic nitrogens is 2. The molecule has 1 aliphatic rings. The fraction of sp³-hybridized carbons (Fsp3) is 0.636. The number of nitrogens with one attached hydrogen (secondary N) is 1. The Bertz CT molecular complexity index is 432. The number of hydrogen-bond acceptors (Lipinski definition) is 6. The number of hydrogen-bond donors (Lipinski definition) is 1. The van der Waals surface area contributed by atoms with Crippen molar-refractivity contribution in [3.63, 3.8) is 0 Å². The first-order valence-electron chi connectivity index (χ1n) is 6.06. The van der Waals surface area contributed by atoms with E-state index in [1.807, 2.05) is 0 Å². The molecule has 2 rings (SSSR count). The van der Waals surface area contributed by atoms with Crippen LogP contribution < -0.4 is 10.1 Å². The SMILES string of the molecule is CNc1ncnc(OC2CCCCC2)c1[N+](=O)[O-]. The zero-order valence-electron chi connectivity index (χ0n) is 10.3. The van der Waals surface area contributed by atoms with Gasteiger partial charge in [-0.2, -0.15) is 4.98 Å². The molecule has 1 heterocycles. The van der Waals surface area contributed by atoms with E-state index in [9.17, 15) is 10.1 Å². The predicted molar refractivity (Wildman–Crippen MR) is 65.7 cm³/mol. The molecule has 0 spiro atoms. The van der Waals surface area contributed by atoms with Crippen LogP contribution in [0.4, 0.5) is 11.5 Å². The van der Waals surface area contributed by atoms with Crippen molar-refractivity contribution in [3.8, 4) is 5.88 Å². The molecular weight excluding hydrogens is 236 g/mol. The van der Waals surface area contributed by atoms with Gasteiger partial charge in [0.05, 0.1) is 4.92 Å².